The first-order chi connectivity index (χ1) is 10.7. The Labute approximate surface area is 128 Å². The first-order valence-electron chi connectivity index (χ1n) is 7.23. The van der Waals surface area contributed by atoms with Crippen molar-refractivity contribution < 1.29 is 9.53 Å². The van der Waals surface area contributed by atoms with Crippen LogP contribution < -0.4 is 10.1 Å². The standard InChI is InChI=1S/C15H19N5O2/c1-19(12-3-4-12)15(21)16-9-11-10-20(18-17-11)13-5-7-14(22-2)8-6-13/h5-8,10,12H,3-4,9H2,1-2H3,(H,16,21). The summed E-state index contributed by atoms with van der Waals surface area (Å²) in [5, 5.41) is 11.0. The van der Waals surface area contributed by atoms with Crippen molar-refractivity contribution in [1.82, 2.24) is 25.2 Å². The average molecular weight is 301 g/mol. The second-order valence-electron chi connectivity index (χ2n) is 5.35. The van der Waals surface area contributed by atoms with E-state index in [0.717, 1.165) is 24.3 Å². The van der Waals surface area contributed by atoms with Crippen LogP contribution >= 0.6 is 0 Å². The number of carbonyl (C=O) groups is 1. The van der Waals surface area contributed by atoms with E-state index in [4.69, 9.17) is 4.74 Å². The van der Waals surface area contributed by atoms with Gasteiger partial charge in [-0.15, -0.1) is 5.10 Å². The molecule has 1 aliphatic carbocycles. The lowest BCUT2D eigenvalue weighted by Gasteiger charge is -2.16. The molecule has 0 atom stereocenters. The Balaban J connectivity index is 1.59. The van der Waals surface area contributed by atoms with Gasteiger partial charge in [-0.1, -0.05) is 5.21 Å². The zero-order chi connectivity index (χ0) is 15.5. The van der Waals surface area contributed by atoms with Gasteiger partial charge in [-0.25, -0.2) is 9.48 Å². The summed E-state index contributed by atoms with van der Waals surface area (Å²) in [6.07, 6.45) is 3.99. The number of urea groups is 1. The van der Waals surface area contributed by atoms with Crippen molar-refractivity contribution in [2.75, 3.05) is 14.2 Å². The van der Waals surface area contributed by atoms with Crippen LogP contribution in [-0.2, 0) is 6.54 Å². The molecule has 2 aromatic rings. The van der Waals surface area contributed by atoms with Crippen molar-refractivity contribution in [2.24, 2.45) is 0 Å². The van der Waals surface area contributed by atoms with Gasteiger partial charge in [0.25, 0.3) is 0 Å². The third-order valence-corrected chi connectivity index (χ3v) is 3.71. The van der Waals surface area contributed by atoms with Crippen LogP contribution in [0.3, 0.4) is 0 Å². The number of hydrogen-bond acceptors (Lipinski definition) is 4. The summed E-state index contributed by atoms with van der Waals surface area (Å²) in [6, 6.07) is 7.86. The zero-order valence-electron chi connectivity index (χ0n) is 12.7. The highest BCUT2D eigenvalue weighted by Crippen LogP contribution is 2.25. The Morgan fingerprint density at radius 3 is 2.77 bits per heavy atom. The fraction of sp³-hybridized carbons (Fsp3) is 0.400. The summed E-state index contributed by atoms with van der Waals surface area (Å²) >= 11 is 0. The van der Waals surface area contributed by atoms with Gasteiger partial charge in [0.1, 0.15) is 11.4 Å². The molecule has 0 saturated heterocycles. The lowest BCUT2D eigenvalue weighted by molar-refractivity contribution is 0.206. The van der Waals surface area contributed by atoms with Crippen molar-refractivity contribution in [3.8, 4) is 11.4 Å². The van der Waals surface area contributed by atoms with Crippen molar-refractivity contribution in [3.05, 3.63) is 36.2 Å². The fourth-order valence-corrected chi connectivity index (χ4v) is 2.16. The predicted octanol–water partition coefficient (Wildman–Crippen LogP) is 1.58. The number of aromatic nitrogens is 3. The van der Waals surface area contributed by atoms with Crippen LogP contribution in [0.2, 0.25) is 0 Å². The number of rotatable bonds is 5. The summed E-state index contributed by atoms with van der Waals surface area (Å²) in [7, 11) is 3.45. The van der Waals surface area contributed by atoms with Crippen LogP contribution in [-0.4, -0.2) is 46.1 Å². The Hall–Kier alpha value is -2.57. The Bertz CT molecular complexity index is 648. The maximum Gasteiger partial charge on any atom is 0.317 e. The molecular formula is C15H19N5O2. The van der Waals surface area contributed by atoms with Crippen molar-refractivity contribution >= 4 is 6.03 Å². The van der Waals surface area contributed by atoms with Gasteiger partial charge in [-0.05, 0) is 37.1 Å². The first-order valence-corrected chi connectivity index (χ1v) is 7.23. The predicted molar refractivity (Wildman–Crippen MR) is 80.9 cm³/mol. The maximum atomic E-state index is 11.9. The summed E-state index contributed by atoms with van der Waals surface area (Å²) in [5.41, 5.74) is 1.61. The van der Waals surface area contributed by atoms with E-state index < -0.39 is 0 Å². The molecule has 0 spiro atoms. The average Bonchev–Trinajstić information content (AvgIpc) is 3.30. The highest BCUT2D eigenvalue weighted by atomic mass is 16.5. The molecule has 0 bridgehead atoms. The molecule has 1 N–H and O–H groups in total. The number of hydrogen-bond donors (Lipinski definition) is 1. The van der Waals surface area contributed by atoms with Gasteiger partial charge in [0.2, 0.25) is 0 Å². The van der Waals surface area contributed by atoms with Gasteiger partial charge in [0, 0.05) is 13.1 Å². The number of methoxy groups -OCH3 is 1. The molecule has 7 nitrogen and oxygen atoms in total. The SMILES string of the molecule is COc1ccc(-n2cc(CNC(=O)N(C)C3CC3)nn2)cc1. The lowest BCUT2D eigenvalue weighted by atomic mass is 10.3. The number of amides is 2. The van der Waals surface area contributed by atoms with Crippen LogP contribution in [0.15, 0.2) is 30.5 Å². The minimum atomic E-state index is -0.0681. The number of nitrogens with zero attached hydrogens (tertiary/aromatic N) is 4. The van der Waals surface area contributed by atoms with E-state index in [9.17, 15) is 4.79 Å². The second-order valence-corrected chi connectivity index (χ2v) is 5.35. The van der Waals surface area contributed by atoms with Crippen LogP contribution in [0, 0.1) is 0 Å². The largest absolute Gasteiger partial charge is 0.497 e. The second kappa shape index (κ2) is 6.05. The van der Waals surface area contributed by atoms with E-state index in [0.29, 0.717) is 18.3 Å². The van der Waals surface area contributed by atoms with Gasteiger partial charge in [-0.2, -0.15) is 0 Å². The van der Waals surface area contributed by atoms with Crippen molar-refractivity contribution in [2.45, 2.75) is 25.4 Å². The summed E-state index contributed by atoms with van der Waals surface area (Å²) < 4.78 is 6.80. The van der Waals surface area contributed by atoms with Gasteiger partial charge < -0.3 is 15.0 Å². The van der Waals surface area contributed by atoms with Gasteiger partial charge in [0.15, 0.2) is 0 Å². The molecule has 1 saturated carbocycles. The van der Waals surface area contributed by atoms with Gasteiger partial charge in [0.05, 0.1) is 25.5 Å². The molecule has 2 amide bonds. The zero-order valence-corrected chi connectivity index (χ0v) is 12.7. The van der Waals surface area contributed by atoms with E-state index in [2.05, 4.69) is 15.6 Å². The van der Waals surface area contributed by atoms with E-state index >= 15 is 0 Å². The molecule has 0 aliphatic heterocycles. The van der Waals surface area contributed by atoms with Crippen LogP contribution in [0.1, 0.15) is 18.5 Å². The van der Waals surface area contributed by atoms with Crippen LogP contribution in [0.25, 0.3) is 5.69 Å². The molecule has 7 heteroatoms. The number of nitrogens with one attached hydrogen (secondary N) is 1. The van der Waals surface area contributed by atoms with Crippen molar-refractivity contribution in [3.63, 3.8) is 0 Å². The lowest BCUT2D eigenvalue weighted by Crippen LogP contribution is -2.38. The smallest absolute Gasteiger partial charge is 0.317 e. The quantitative estimate of drug-likeness (QED) is 0.910. The maximum absolute atomic E-state index is 11.9. The fourth-order valence-electron chi connectivity index (χ4n) is 2.16. The Kier molecular flexibility index (Phi) is 3.95. The summed E-state index contributed by atoms with van der Waals surface area (Å²) in [6.45, 7) is 0.367. The molecular weight excluding hydrogens is 282 g/mol. The number of ether oxygens (including phenoxy) is 1. The van der Waals surface area contributed by atoms with Gasteiger partial charge in [-0.3, -0.25) is 0 Å². The highest BCUT2D eigenvalue weighted by molar-refractivity contribution is 5.74. The van der Waals surface area contributed by atoms with E-state index in [-0.39, 0.29) is 6.03 Å². The first kappa shape index (κ1) is 14.4. The Morgan fingerprint density at radius 2 is 2.14 bits per heavy atom. The molecule has 22 heavy (non-hydrogen) atoms. The molecule has 1 fully saturated rings. The van der Waals surface area contributed by atoms with Crippen LogP contribution in [0.5, 0.6) is 5.75 Å². The molecule has 3 rings (SSSR count). The molecule has 1 heterocycles. The summed E-state index contributed by atoms with van der Waals surface area (Å²) in [4.78, 5) is 13.6. The third kappa shape index (κ3) is 3.19. The number of carbonyl (C=O) groups excluding carboxylic acids is 1. The summed E-state index contributed by atoms with van der Waals surface area (Å²) in [5.74, 6) is 0.791. The highest BCUT2D eigenvalue weighted by Gasteiger charge is 2.29. The van der Waals surface area contributed by atoms with E-state index in [1.807, 2.05) is 31.3 Å². The van der Waals surface area contributed by atoms with Crippen LogP contribution in [0.4, 0.5) is 4.79 Å². The van der Waals surface area contributed by atoms with Gasteiger partial charge >= 0.3 is 6.03 Å². The number of benzene rings is 1. The topological polar surface area (TPSA) is 72.3 Å². The molecule has 0 radical (unpaired) electrons. The molecule has 1 aliphatic rings. The van der Waals surface area contributed by atoms with E-state index in [1.165, 1.54) is 0 Å². The molecule has 0 unspecified atom stereocenters. The minimum absolute atomic E-state index is 0.0681. The molecule has 116 valence electrons. The third-order valence-electron chi connectivity index (χ3n) is 3.71. The Morgan fingerprint density at radius 1 is 1.41 bits per heavy atom. The monoisotopic (exact) mass is 301 g/mol. The van der Waals surface area contributed by atoms with Crippen molar-refractivity contribution in [1.29, 1.82) is 0 Å². The minimum Gasteiger partial charge on any atom is -0.497 e. The normalized spacial score (nSPS) is 13.7. The molecule has 1 aromatic heterocycles. The van der Waals surface area contributed by atoms with E-state index in [1.54, 1.807) is 22.9 Å². The molecule has 1 aromatic carbocycles.